The Morgan fingerprint density at radius 3 is 2.88 bits per heavy atom. The molecule has 4 nitrogen and oxygen atoms in total. The first kappa shape index (κ1) is 11.9. The number of halogens is 1. The molecule has 2 rings (SSSR count). The highest BCUT2D eigenvalue weighted by atomic mass is 19.1. The van der Waals surface area contributed by atoms with Crippen molar-refractivity contribution in [2.45, 2.75) is 19.0 Å². The standard InChI is InChI=1S/C12H15FN2O2/c1-7-6-14-11(12(16)15-7)9-5-8(13)3-4-10(9)17-2/h3-5,7,11,14H,6H2,1-2H3,(H,15,16). The molecule has 1 amide bonds. The molecule has 0 bridgehead atoms. The molecular weight excluding hydrogens is 223 g/mol. The Bertz CT molecular complexity index is 437. The molecule has 2 N–H and O–H groups in total. The van der Waals surface area contributed by atoms with Crippen molar-refractivity contribution >= 4 is 5.91 Å². The van der Waals surface area contributed by atoms with Gasteiger partial charge in [-0.2, -0.15) is 0 Å². The molecule has 1 fully saturated rings. The summed E-state index contributed by atoms with van der Waals surface area (Å²) in [6.07, 6.45) is 0. The summed E-state index contributed by atoms with van der Waals surface area (Å²) in [6, 6.07) is 3.69. The third-order valence-corrected chi connectivity index (χ3v) is 2.78. The van der Waals surface area contributed by atoms with E-state index in [0.717, 1.165) is 0 Å². The van der Waals surface area contributed by atoms with Crippen LogP contribution in [0.1, 0.15) is 18.5 Å². The molecule has 1 aliphatic rings. The largest absolute Gasteiger partial charge is 0.496 e. The van der Waals surface area contributed by atoms with Crippen LogP contribution in [0, 0.1) is 5.82 Å². The first-order chi connectivity index (χ1) is 8.11. The molecule has 2 unspecified atom stereocenters. The third-order valence-electron chi connectivity index (χ3n) is 2.78. The zero-order valence-electron chi connectivity index (χ0n) is 9.79. The average molecular weight is 238 g/mol. The highest BCUT2D eigenvalue weighted by Gasteiger charge is 2.29. The number of ether oxygens (including phenoxy) is 1. The van der Waals surface area contributed by atoms with Gasteiger partial charge in [0.1, 0.15) is 17.6 Å². The molecule has 1 aliphatic heterocycles. The van der Waals surface area contributed by atoms with Crippen LogP contribution >= 0.6 is 0 Å². The first-order valence-corrected chi connectivity index (χ1v) is 5.49. The van der Waals surface area contributed by atoms with Gasteiger partial charge in [0.25, 0.3) is 0 Å². The van der Waals surface area contributed by atoms with Crippen LogP contribution in [0.2, 0.25) is 0 Å². The van der Waals surface area contributed by atoms with Gasteiger partial charge in [0.2, 0.25) is 5.91 Å². The predicted octanol–water partition coefficient (Wildman–Crippen LogP) is 0.983. The van der Waals surface area contributed by atoms with E-state index in [1.54, 1.807) is 0 Å². The quantitative estimate of drug-likeness (QED) is 0.807. The SMILES string of the molecule is COc1ccc(F)cc1C1NCC(C)NC1=O. The molecule has 1 aromatic rings. The fourth-order valence-corrected chi connectivity index (χ4v) is 1.95. The predicted molar refractivity (Wildman–Crippen MR) is 61.3 cm³/mol. The van der Waals surface area contributed by atoms with Crippen molar-refractivity contribution in [3.63, 3.8) is 0 Å². The number of hydrogen-bond acceptors (Lipinski definition) is 3. The minimum absolute atomic E-state index is 0.0818. The average Bonchev–Trinajstić information content (AvgIpc) is 2.29. The Balaban J connectivity index is 2.32. The first-order valence-electron chi connectivity index (χ1n) is 5.49. The van der Waals surface area contributed by atoms with E-state index in [0.29, 0.717) is 17.9 Å². The minimum Gasteiger partial charge on any atom is -0.496 e. The summed E-state index contributed by atoms with van der Waals surface area (Å²) in [6.45, 7) is 2.56. The molecule has 92 valence electrons. The maximum atomic E-state index is 13.2. The monoisotopic (exact) mass is 238 g/mol. The van der Waals surface area contributed by atoms with Crippen LogP contribution in [-0.4, -0.2) is 25.6 Å². The molecular formula is C12H15FN2O2. The summed E-state index contributed by atoms with van der Waals surface area (Å²) in [5, 5.41) is 5.90. The summed E-state index contributed by atoms with van der Waals surface area (Å²) >= 11 is 0. The molecule has 0 radical (unpaired) electrons. The van der Waals surface area contributed by atoms with Crippen molar-refractivity contribution < 1.29 is 13.9 Å². The van der Waals surface area contributed by atoms with Gasteiger partial charge in [-0.3, -0.25) is 4.79 Å². The normalized spacial score (nSPS) is 24.3. The summed E-state index contributed by atoms with van der Waals surface area (Å²) < 4.78 is 18.4. The second-order valence-corrected chi connectivity index (χ2v) is 4.14. The number of nitrogens with one attached hydrogen (secondary N) is 2. The maximum absolute atomic E-state index is 13.2. The van der Waals surface area contributed by atoms with Gasteiger partial charge >= 0.3 is 0 Å². The lowest BCUT2D eigenvalue weighted by Gasteiger charge is -2.29. The fraction of sp³-hybridized carbons (Fsp3) is 0.417. The Morgan fingerprint density at radius 2 is 2.24 bits per heavy atom. The van der Waals surface area contributed by atoms with Crippen LogP contribution < -0.4 is 15.4 Å². The van der Waals surface area contributed by atoms with Gasteiger partial charge in [-0.15, -0.1) is 0 Å². The molecule has 1 aromatic carbocycles. The summed E-state index contributed by atoms with van der Waals surface area (Å²) in [5.74, 6) is -0.0322. The number of carbonyl (C=O) groups is 1. The van der Waals surface area contributed by atoms with Crippen LogP contribution in [0.15, 0.2) is 18.2 Å². The van der Waals surface area contributed by atoms with Gasteiger partial charge in [0.05, 0.1) is 7.11 Å². The molecule has 0 aromatic heterocycles. The maximum Gasteiger partial charge on any atom is 0.242 e. The van der Waals surface area contributed by atoms with E-state index in [1.807, 2.05) is 6.92 Å². The molecule has 0 spiro atoms. The van der Waals surface area contributed by atoms with Crippen LogP contribution in [0.3, 0.4) is 0 Å². The van der Waals surface area contributed by atoms with Crippen molar-refractivity contribution in [1.82, 2.24) is 10.6 Å². The zero-order valence-corrected chi connectivity index (χ0v) is 9.79. The van der Waals surface area contributed by atoms with E-state index < -0.39 is 6.04 Å². The van der Waals surface area contributed by atoms with Crippen molar-refractivity contribution in [3.8, 4) is 5.75 Å². The van der Waals surface area contributed by atoms with E-state index in [-0.39, 0.29) is 17.8 Å². The number of benzene rings is 1. The van der Waals surface area contributed by atoms with Crippen molar-refractivity contribution in [1.29, 1.82) is 0 Å². The van der Waals surface area contributed by atoms with Crippen LogP contribution in [-0.2, 0) is 4.79 Å². The highest BCUT2D eigenvalue weighted by Crippen LogP contribution is 2.27. The number of carbonyl (C=O) groups excluding carboxylic acids is 1. The lowest BCUT2D eigenvalue weighted by molar-refractivity contribution is -0.125. The lowest BCUT2D eigenvalue weighted by Crippen LogP contribution is -2.52. The molecule has 2 atom stereocenters. The number of methoxy groups -OCH3 is 1. The van der Waals surface area contributed by atoms with E-state index in [4.69, 9.17) is 4.74 Å². The van der Waals surface area contributed by atoms with E-state index in [9.17, 15) is 9.18 Å². The van der Waals surface area contributed by atoms with Crippen LogP contribution in [0.5, 0.6) is 5.75 Å². The second-order valence-electron chi connectivity index (χ2n) is 4.14. The molecule has 1 heterocycles. The molecule has 0 saturated carbocycles. The topological polar surface area (TPSA) is 50.4 Å². The van der Waals surface area contributed by atoms with Gasteiger partial charge in [-0.05, 0) is 25.1 Å². The van der Waals surface area contributed by atoms with Gasteiger partial charge in [0, 0.05) is 18.2 Å². The summed E-state index contributed by atoms with van der Waals surface area (Å²) in [7, 11) is 1.50. The highest BCUT2D eigenvalue weighted by molar-refractivity contribution is 5.85. The van der Waals surface area contributed by atoms with Crippen molar-refractivity contribution in [2.75, 3.05) is 13.7 Å². The van der Waals surface area contributed by atoms with Gasteiger partial charge < -0.3 is 15.4 Å². The lowest BCUT2D eigenvalue weighted by atomic mass is 10.0. The zero-order chi connectivity index (χ0) is 12.4. The Morgan fingerprint density at radius 1 is 1.47 bits per heavy atom. The van der Waals surface area contributed by atoms with Crippen LogP contribution in [0.4, 0.5) is 4.39 Å². The van der Waals surface area contributed by atoms with Gasteiger partial charge in [-0.1, -0.05) is 0 Å². The molecule has 0 aliphatic carbocycles. The second kappa shape index (κ2) is 4.71. The van der Waals surface area contributed by atoms with Gasteiger partial charge in [-0.25, -0.2) is 4.39 Å². The number of hydrogen-bond donors (Lipinski definition) is 2. The number of rotatable bonds is 2. The molecule has 1 saturated heterocycles. The molecule has 5 heteroatoms. The number of piperazine rings is 1. The number of amides is 1. The van der Waals surface area contributed by atoms with Crippen molar-refractivity contribution in [2.24, 2.45) is 0 Å². The van der Waals surface area contributed by atoms with E-state index in [1.165, 1.54) is 25.3 Å². The Kier molecular flexibility index (Phi) is 3.28. The third kappa shape index (κ3) is 2.39. The minimum atomic E-state index is -0.558. The summed E-state index contributed by atoms with van der Waals surface area (Å²) in [4.78, 5) is 11.8. The van der Waals surface area contributed by atoms with Crippen LogP contribution in [0.25, 0.3) is 0 Å². The van der Waals surface area contributed by atoms with Crippen molar-refractivity contribution in [3.05, 3.63) is 29.6 Å². The fourth-order valence-electron chi connectivity index (χ4n) is 1.95. The smallest absolute Gasteiger partial charge is 0.242 e. The van der Waals surface area contributed by atoms with E-state index in [2.05, 4.69) is 10.6 Å². The Hall–Kier alpha value is -1.62. The summed E-state index contributed by atoms with van der Waals surface area (Å²) in [5.41, 5.74) is 0.525. The van der Waals surface area contributed by atoms with Gasteiger partial charge in [0.15, 0.2) is 0 Å². The van der Waals surface area contributed by atoms with E-state index >= 15 is 0 Å². The molecule has 17 heavy (non-hydrogen) atoms. The Labute approximate surface area is 99.2 Å².